The smallest absolute Gasteiger partial charge is 0.231 e. The van der Waals surface area contributed by atoms with Gasteiger partial charge in [-0.15, -0.1) is 10.2 Å². The van der Waals surface area contributed by atoms with Crippen molar-refractivity contribution in [1.82, 2.24) is 15.1 Å². The standard InChI is InChI=1S/C14H22N4O3S/c1-3-5-6-18-8-10(7-12(18)19)13(20)15-14-17-16-11(22-14)9-21-4-2/h10H,3-9H2,1-2H3,(H,15,17,20)/t10-/m0/s1. The van der Waals surface area contributed by atoms with Crippen molar-refractivity contribution in [3.8, 4) is 0 Å². The number of unbranched alkanes of at least 4 members (excludes halogenated alkanes) is 1. The molecule has 1 aromatic heterocycles. The van der Waals surface area contributed by atoms with Crippen LogP contribution in [0.2, 0.25) is 0 Å². The molecule has 7 nitrogen and oxygen atoms in total. The summed E-state index contributed by atoms with van der Waals surface area (Å²) in [7, 11) is 0. The van der Waals surface area contributed by atoms with E-state index >= 15 is 0 Å². The molecule has 0 spiro atoms. The molecule has 1 aliphatic heterocycles. The number of hydrogen-bond acceptors (Lipinski definition) is 6. The van der Waals surface area contributed by atoms with Gasteiger partial charge in [0.25, 0.3) is 0 Å². The fourth-order valence-electron chi connectivity index (χ4n) is 2.27. The fraction of sp³-hybridized carbons (Fsp3) is 0.714. The molecule has 2 amide bonds. The van der Waals surface area contributed by atoms with Gasteiger partial charge in [-0.1, -0.05) is 24.7 Å². The Kier molecular flexibility index (Phi) is 6.26. The number of carbonyl (C=O) groups excluding carboxylic acids is 2. The van der Waals surface area contributed by atoms with Crippen LogP contribution in [0.1, 0.15) is 38.1 Å². The number of anilines is 1. The van der Waals surface area contributed by atoms with E-state index in [2.05, 4.69) is 22.4 Å². The minimum Gasteiger partial charge on any atom is -0.374 e. The zero-order valence-corrected chi connectivity index (χ0v) is 13.8. The second kappa shape index (κ2) is 8.19. The van der Waals surface area contributed by atoms with Gasteiger partial charge in [0, 0.05) is 26.1 Å². The third-order valence-corrected chi connectivity index (χ3v) is 4.31. The number of hydrogen-bond donors (Lipinski definition) is 1. The van der Waals surface area contributed by atoms with Gasteiger partial charge in [-0.05, 0) is 13.3 Å². The predicted molar refractivity (Wildman–Crippen MR) is 83.5 cm³/mol. The van der Waals surface area contributed by atoms with Crippen LogP contribution in [0.4, 0.5) is 5.13 Å². The average Bonchev–Trinajstić information content (AvgIpc) is 3.09. The van der Waals surface area contributed by atoms with Crippen molar-refractivity contribution >= 4 is 28.3 Å². The summed E-state index contributed by atoms with van der Waals surface area (Å²) >= 11 is 1.30. The van der Waals surface area contributed by atoms with Gasteiger partial charge < -0.3 is 15.0 Å². The van der Waals surface area contributed by atoms with Crippen LogP contribution in [0.15, 0.2) is 0 Å². The lowest BCUT2D eigenvalue weighted by Crippen LogP contribution is -2.29. The van der Waals surface area contributed by atoms with Crippen LogP contribution in [-0.4, -0.2) is 46.6 Å². The molecule has 0 saturated carbocycles. The van der Waals surface area contributed by atoms with Crippen molar-refractivity contribution in [2.45, 2.75) is 39.7 Å². The Morgan fingerprint density at radius 1 is 1.45 bits per heavy atom. The van der Waals surface area contributed by atoms with E-state index in [0.29, 0.717) is 24.9 Å². The Hall–Kier alpha value is -1.54. The maximum absolute atomic E-state index is 12.2. The first-order chi connectivity index (χ1) is 10.6. The van der Waals surface area contributed by atoms with Gasteiger partial charge in [-0.25, -0.2) is 0 Å². The first-order valence-electron chi connectivity index (χ1n) is 7.62. The van der Waals surface area contributed by atoms with Crippen molar-refractivity contribution in [3.63, 3.8) is 0 Å². The lowest BCUT2D eigenvalue weighted by molar-refractivity contribution is -0.128. The maximum atomic E-state index is 12.2. The predicted octanol–water partition coefficient (Wildman–Crippen LogP) is 1.66. The van der Waals surface area contributed by atoms with Crippen LogP contribution in [0.5, 0.6) is 0 Å². The highest BCUT2D eigenvalue weighted by Crippen LogP contribution is 2.22. The van der Waals surface area contributed by atoms with Crippen LogP contribution in [-0.2, 0) is 20.9 Å². The van der Waals surface area contributed by atoms with Crippen LogP contribution in [0, 0.1) is 5.92 Å². The summed E-state index contributed by atoms with van der Waals surface area (Å²) in [4.78, 5) is 25.9. The normalized spacial score (nSPS) is 18.0. The molecule has 0 aliphatic carbocycles. The van der Waals surface area contributed by atoms with Crippen molar-refractivity contribution < 1.29 is 14.3 Å². The quantitative estimate of drug-likeness (QED) is 0.785. The summed E-state index contributed by atoms with van der Waals surface area (Å²) in [5.74, 6) is -0.405. The van der Waals surface area contributed by atoms with Crippen molar-refractivity contribution in [2.24, 2.45) is 5.92 Å². The number of likely N-dealkylation sites (tertiary alicyclic amines) is 1. The van der Waals surface area contributed by atoms with Crippen LogP contribution < -0.4 is 5.32 Å². The molecular formula is C14H22N4O3S. The minimum absolute atomic E-state index is 0.0582. The number of aromatic nitrogens is 2. The fourth-order valence-corrected chi connectivity index (χ4v) is 2.95. The topological polar surface area (TPSA) is 84.4 Å². The van der Waals surface area contributed by atoms with E-state index in [-0.39, 0.29) is 24.2 Å². The molecule has 2 rings (SSSR count). The zero-order chi connectivity index (χ0) is 15.9. The number of ether oxygens (including phenoxy) is 1. The Balaban J connectivity index is 1.84. The van der Waals surface area contributed by atoms with Crippen LogP contribution >= 0.6 is 11.3 Å². The molecule has 1 N–H and O–H groups in total. The molecule has 8 heteroatoms. The molecule has 22 heavy (non-hydrogen) atoms. The van der Waals surface area contributed by atoms with Gasteiger partial charge in [0.2, 0.25) is 16.9 Å². The Bertz CT molecular complexity index is 520. The lowest BCUT2D eigenvalue weighted by Gasteiger charge is -2.15. The summed E-state index contributed by atoms with van der Waals surface area (Å²) in [5.41, 5.74) is 0. The largest absolute Gasteiger partial charge is 0.374 e. The summed E-state index contributed by atoms with van der Waals surface area (Å²) in [5, 5.41) is 11.8. The zero-order valence-electron chi connectivity index (χ0n) is 13.0. The summed E-state index contributed by atoms with van der Waals surface area (Å²) in [6.07, 6.45) is 2.28. The summed E-state index contributed by atoms with van der Waals surface area (Å²) in [6, 6.07) is 0. The second-order valence-corrected chi connectivity index (χ2v) is 6.28. The molecule has 0 aromatic carbocycles. The number of nitrogens with zero attached hydrogens (tertiary/aromatic N) is 3. The number of carbonyl (C=O) groups is 2. The summed E-state index contributed by atoms with van der Waals surface area (Å²) in [6.45, 7) is 6.23. The van der Waals surface area contributed by atoms with Gasteiger partial charge in [-0.2, -0.15) is 0 Å². The molecule has 1 saturated heterocycles. The molecule has 1 atom stereocenters. The van der Waals surface area contributed by atoms with Crippen molar-refractivity contribution in [3.05, 3.63) is 5.01 Å². The lowest BCUT2D eigenvalue weighted by atomic mass is 10.1. The van der Waals surface area contributed by atoms with E-state index in [9.17, 15) is 9.59 Å². The van der Waals surface area contributed by atoms with E-state index in [1.807, 2.05) is 6.92 Å². The van der Waals surface area contributed by atoms with E-state index in [4.69, 9.17) is 4.74 Å². The first-order valence-corrected chi connectivity index (χ1v) is 8.44. The Labute approximate surface area is 134 Å². The van der Waals surface area contributed by atoms with Crippen molar-refractivity contribution in [2.75, 3.05) is 25.0 Å². The van der Waals surface area contributed by atoms with Crippen LogP contribution in [0.3, 0.4) is 0 Å². The molecule has 0 bridgehead atoms. The maximum Gasteiger partial charge on any atom is 0.231 e. The average molecular weight is 326 g/mol. The third kappa shape index (κ3) is 4.48. The highest BCUT2D eigenvalue weighted by Gasteiger charge is 2.34. The van der Waals surface area contributed by atoms with Gasteiger partial charge in [-0.3, -0.25) is 9.59 Å². The molecule has 0 unspecified atom stereocenters. The Morgan fingerprint density at radius 3 is 3.00 bits per heavy atom. The SMILES string of the molecule is CCCCN1C[C@@H](C(=O)Nc2nnc(COCC)s2)CC1=O. The van der Waals surface area contributed by atoms with E-state index in [1.165, 1.54) is 11.3 Å². The molecule has 122 valence electrons. The number of amides is 2. The van der Waals surface area contributed by atoms with E-state index in [0.717, 1.165) is 24.4 Å². The van der Waals surface area contributed by atoms with Crippen molar-refractivity contribution in [1.29, 1.82) is 0 Å². The summed E-state index contributed by atoms with van der Waals surface area (Å²) < 4.78 is 5.25. The van der Waals surface area contributed by atoms with E-state index < -0.39 is 0 Å². The van der Waals surface area contributed by atoms with Gasteiger partial charge in [0.05, 0.1) is 5.92 Å². The number of nitrogens with one attached hydrogen (secondary N) is 1. The van der Waals surface area contributed by atoms with Crippen LogP contribution in [0.25, 0.3) is 0 Å². The molecular weight excluding hydrogens is 304 g/mol. The number of rotatable bonds is 8. The second-order valence-electron chi connectivity index (χ2n) is 5.22. The third-order valence-electron chi connectivity index (χ3n) is 3.49. The highest BCUT2D eigenvalue weighted by atomic mass is 32.1. The molecule has 1 aromatic rings. The van der Waals surface area contributed by atoms with Gasteiger partial charge >= 0.3 is 0 Å². The molecule has 0 radical (unpaired) electrons. The van der Waals surface area contributed by atoms with Gasteiger partial charge in [0.1, 0.15) is 11.6 Å². The minimum atomic E-state index is -0.302. The Morgan fingerprint density at radius 2 is 2.27 bits per heavy atom. The first kappa shape index (κ1) is 16.8. The van der Waals surface area contributed by atoms with Gasteiger partial charge in [0.15, 0.2) is 0 Å². The molecule has 1 fully saturated rings. The highest BCUT2D eigenvalue weighted by molar-refractivity contribution is 7.15. The molecule has 2 heterocycles. The monoisotopic (exact) mass is 326 g/mol. The molecule has 1 aliphatic rings. The van der Waals surface area contributed by atoms with E-state index in [1.54, 1.807) is 4.90 Å².